The van der Waals surface area contributed by atoms with Gasteiger partial charge in [0.15, 0.2) is 0 Å². The summed E-state index contributed by atoms with van der Waals surface area (Å²) in [6, 6.07) is 5.82. The number of nitrogen functional groups attached to an aromatic ring is 2. The summed E-state index contributed by atoms with van der Waals surface area (Å²) in [5.74, 6) is -1.79. The monoisotopic (exact) mass is 410 g/mol. The highest BCUT2D eigenvalue weighted by molar-refractivity contribution is 7.18. The number of thiophene rings is 1. The number of aliphatic hydroxyl groups is 1. The van der Waals surface area contributed by atoms with Gasteiger partial charge in [-0.25, -0.2) is 4.79 Å². The highest BCUT2D eigenvalue weighted by Gasteiger charge is 2.20. The average Bonchev–Trinajstić information content (AvgIpc) is 2.93. The maximum atomic E-state index is 10.8. The summed E-state index contributed by atoms with van der Waals surface area (Å²) in [6.07, 6.45) is 0. The number of amides is 1. The number of benzene rings is 1. The maximum absolute atomic E-state index is 10.8. The van der Waals surface area contributed by atoms with Crippen LogP contribution in [0.25, 0.3) is 0 Å². The fraction of sp³-hybridized carbons (Fsp3) is 0.333. The minimum Gasteiger partial charge on any atom is -0.477 e. The number of aliphatic hydroxyl groups excluding tert-OH is 1. The molecule has 0 aliphatic carbocycles. The summed E-state index contributed by atoms with van der Waals surface area (Å²) in [5, 5.41) is 20.5. The predicted octanol–water partition coefficient (Wildman–Crippen LogP) is 1.43. The summed E-state index contributed by atoms with van der Waals surface area (Å²) in [7, 11) is 0. The number of hydrogen-bond donors (Lipinski definition) is 6. The molecule has 0 unspecified atom stereocenters. The largest absolute Gasteiger partial charge is 0.477 e. The molecule has 0 spiro atoms. The molecule has 1 aromatic carbocycles. The van der Waals surface area contributed by atoms with Crippen LogP contribution in [-0.2, 0) is 4.74 Å². The molecule has 9 N–H and O–H groups in total. The lowest BCUT2D eigenvalue weighted by Crippen LogP contribution is -2.13. The molecule has 0 fully saturated rings. The van der Waals surface area contributed by atoms with E-state index in [1.165, 1.54) is 6.92 Å². The van der Waals surface area contributed by atoms with E-state index >= 15 is 0 Å². The van der Waals surface area contributed by atoms with E-state index in [9.17, 15) is 9.59 Å². The Morgan fingerprint density at radius 3 is 2.36 bits per heavy atom. The van der Waals surface area contributed by atoms with Crippen LogP contribution in [0.15, 0.2) is 18.2 Å². The standard InChI is InChI=1S/C11H18N2O2.C7H8N2O3S/c1-9-8-10(2-3-11(9)12)13-4-6-15-7-5-14;1-2-3(5(8)10)6(9)13-4(2)7(11)12/h2-3,8,13-14H,4-7,12H2,1H3;9H2,1H3,(H2,8,10)(H,11,12). The van der Waals surface area contributed by atoms with E-state index < -0.39 is 11.9 Å². The van der Waals surface area contributed by atoms with Gasteiger partial charge in [0.25, 0.3) is 5.91 Å². The number of carboxylic acid groups (broad SMARTS) is 1. The molecule has 0 aliphatic heterocycles. The van der Waals surface area contributed by atoms with Gasteiger partial charge < -0.3 is 37.5 Å². The predicted molar refractivity (Wildman–Crippen MR) is 111 cm³/mol. The number of carbonyl (C=O) groups is 2. The molecule has 1 aromatic heterocycles. The van der Waals surface area contributed by atoms with Crippen LogP contribution in [0, 0.1) is 13.8 Å². The Morgan fingerprint density at radius 1 is 1.21 bits per heavy atom. The zero-order valence-corrected chi connectivity index (χ0v) is 16.6. The van der Waals surface area contributed by atoms with Crippen LogP contribution in [0.4, 0.5) is 16.4 Å². The number of aromatic carboxylic acids is 1. The van der Waals surface area contributed by atoms with Crippen LogP contribution in [0.2, 0.25) is 0 Å². The van der Waals surface area contributed by atoms with Gasteiger partial charge in [-0.2, -0.15) is 0 Å². The minimum absolute atomic E-state index is 0.0614. The first-order valence-corrected chi connectivity index (χ1v) is 9.21. The van der Waals surface area contributed by atoms with Crippen LogP contribution in [0.3, 0.4) is 0 Å². The first-order chi connectivity index (χ1) is 13.2. The molecule has 0 bridgehead atoms. The third kappa shape index (κ3) is 6.72. The van der Waals surface area contributed by atoms with E-state index in [1.807, 2.05) is 25.1 Å². The van der Waals surface area contributed by atoms with Gasteiger partial charge in [-0.1, -0.05) is 0 Å². The molecule has 1 amide bonds. The molecule has 0 saturated heterocycles. The Kier molecular flexibility index (Phi) is 9.22. The molecule has 2 aromatic rings. The first-order valence-electron chi connectivity index (χ1n) is 8.39. The van der Waals surface area contributed by atoms with Gasteiger partial charge in [-0.05, 0) is 43.2 Å². The maximum Gasteiger partial charge on any atom is 0.346 e. The summed E-state index contributed by atoms with van der Waals surface area (Å²) < 4.78 is 5.12. The second-order valence-electron chi connectivity index (χ2n) is 5.80. The third-order valence-corrected chi connectivity index (χ3v) is 4.80. The number of rotatable bonds is 8. The summed E-state index contributed by atoms with van der Waals surface area (Å²) >= 11 is 0.855. The van der Waals surface area contributed by atoms with Gasteiger partial charge in [0.2, 0.25) is 0 Å². The molecule has 9 nitrogen and oxygen atoms in total. The average molecular weight is 410 g/mol. The number of anilines is 3. The normalized spacial score (nSPS) is 10.1. The van der Waals surface area contributed by atoms with Crippen LogP contribution < -0.4 is 22.5 Å². The molecule has 2 rings (SSSR count). The Hall–Kier alpha value is -2.82. The van der Waals surface area contributed by atoms with E-state index in [1.54, 1.807) is 0 Å². The van der Waals surface area contributed by atoms with Crippen molar-refractivity contribution < 1.29 is 24.5 Å². The number of primary amides is 1. The van der Waals surface area contributed by atoms with E-state index in [0.717, 1.165) is 34.8 Å². The highest BCUT2D eigenvalue weighted by atomic mass is 32.1. The topological polar surface area (TPSA) is 174 Å². The lowest BCUT2D eigenvalue weighted by molar-refractivity contribution is 0.0701. The first kappa shape index (κ1) is 23.2. The quantitative estimate of drug-likeness (QED) is 0.280. The number of carboxylic acids is 1. The minimum atomic E-state index is -1.10. The number of hydrogen-bond acceptors (Lipinski definition) is 8. The van der Waals surface area contributed by atoms with Gasteiger partial charge in [0.05, 0.1) is 30.4 Å². The van der Waals surface area contributed by atoms with Crippen LogP contribution >= 0.6 is 11.3 Å². The number of ether oxygens (including phenoxy) is 1. The van der Waals surface area contributed by atoms with Gasteiger partial charge in [-0.3, -0.25) is 4.79 Å². The van der Waals surface area contributed by atoms with Crippen LogP contribution in [0.1, 0.15) is 31.2 Å². The molecule has 28 heavy (non-hydrogen) atoms. The van der Waals surface area contributed by atoms with Crippen molar-refractivity contribution in [2.45, 2.75) is 13.8 Å². The SMILES string of the molecule is Cc1c(C(=O)O)sc(N)c1C(N)=O.Cc1cc(NCCOCCO)ccc1N. The molecule has 10 heteroatoms. The number of nitrogens with two attached hydrogens (primary N) is 3. The van der Waals surface area contributed by atoms with Crippen molar-refractivity contribution >= 4 is 39.6 Å². The lowest BCUT2D eigenvalue weighted by Gasteiger charge is -2.08. The highest BCUT2D eigenvalue weighted by Crippen LogP contribution is 2.29. The van der Waals surface area contributed by atoms with E-state index in [-0.39, 0.29) is 22.0 Å². The lowest BCUT2D eigenvalue weighted by atomic mass is 10.1. The number of aryl methyl sites for hydroxylation is 1. The van der Waals surface area contributed by atoms with Gasteiger partial charge >= 0.3 is 5.97 Å². The third-order valence-electron chi connectivity index (χ3n) is 3.70. The Balaban J connectivity index is 0.000000283. The second kappa shape index (κ2) is 11.1. The molecule has 0 saturated carbocycles. The molecular weight excluding hydrogens is 384 g/mol. The molecule has 0 atom stereocenters. The van der Waals surface area contributed by atoms with Crippen LogP contribution in [-0.4, -0.2) is 48.5 Å². The smallest absolute Gasteiger partial charge is 0.346 e. The zero-order valence-electron chi connectivity index (χ0n) is 15.8. The van der Waals surface area contributed by atoms with Gasteiger partial charge in [0, 0.05) is 17.9 Å². The fourth-order valence-electron chi connectivity index (χ4n) is 2.27. The molecule has 154 valence electrons. The Bertz CT molecular complexity index is 823. The summed E-state index contributed by atoms with van der Waals surface area (Å²) in [4.78, 5) is 21.5. The Labute approximate surface area is 167 Å². The van der Waals surface area contributed by atoms with E-state index in [2.05, 4.69) is 5.32 Å². The van der Waals surface area contributed by atoms with Crippen molar-refractivity contribution in [1.82, 2.24) is 0 Å². The van der Waals surface area contributed by atoms with Crippen LogP contribution in [0.5, 0.6) is 0 Å². The van der Waals surface area contributed by atoms with Crippen molar-refractivity contribution in [3.05, 3.63) is 39.8 Å². The Morgan fingerprint density at radius 2 is 1.89 bits per heavy atom. The van der Waals surface area contributed by atoms with Crippen molar-refractivity contribution in [1.29, 1.82) is 0 Å². The van der Waals surface area contributed by atoms with Gasteiger partial charge in [0.1, 0.15) is 4.88 Å². The molecule has 0 radical (unpaired) electrons. The molecule has 1 heterocycles. The van der Waals surface area contributed by atoms with E-state index in [4.69, 9.17) is 32.2 Å². The van der Waals surface area contributed by atoms with Crippen molar-refractivity contribution in [3.8, 4) is 0 Å². The number of nitrogens with one attached hydrogen (secondary N) is 1. The number of carbonyl (C=O) groups excluding carboxylic acids is 1. The summed E-state index contributed by atoms with van der Waals surface area (Å²) in [6.45, 7) is 5.26. The molecular formula is C18H26N4O5S. The second-order valence-corrected chi connectivity index (χ2v) is 6.85. The zero-order chi connectivity index (χ0) is 21.3. The van der Waals surface area contributed by atoms with Crippen molar-refractivity contribution in [2.24, 2.45) is 5.73 Å². The fourth-order valence-corrected chi connectivity index (χ4v) is 3.18. The molecule has 0 aliphatic rings. The van der Waals surface area contributed by atoms with Gasteiger partial charge in [-0.15, -0.1) is 11.3 Å². The van der Waals surface area contributed by atoms with Crippen molar-refractivity contribution in [2.75, 3.05) is 43.1 Å². The van der Waals surface area contributed by atoms with Crippen molar-refractivity contribution in [3.63, 3.8) is 0 Å². The summed E-state index contributed by atoms with van der Waals surface area (Å²) in [5.41, 5.74) is 19.5. The van der Waals surface area contributed by atoms with E-state index in [0.29, 0.717) is 18.8 Å².